The van der Waals surface area contributed by atoms with Crippen molar-refractivity contribution in [2.75, 3.05) is 7.05 Å². The van der Waals surface area contributed by atoms with Crippen molar-refractivity contribution < 1.29 is 10.0 Å². The normalized spacial score (nSPS) is 21.1. The summed E-state index contributed by atoms with van der Waals surface area (Å²) in [5.74, 6) is 0.0931. The lowest BCUT2D eigenvalue weighted by molar-refractivity contribution is -0.139. The van der Waals surface area contributed by atoms with Gasteiger partial charge in [0.1, 0.15) is 5.41 Å². The molecule has 0 saturated heterocycles. The van der Waals surface area contributed by atoms with E-state index in [1.54, 1.807) is 4.90 Å². The van der Waals surface area contributed by atoms with E-state index in [0.29, 0.717) is 12.8 Å². The Morgan fingerprint density at radius 2 is 1.90 bits per heavy atom. The van der Waals surface area contributed by atoms with Gasteiger partial charge < -0.3 is 15.8 Å². The van der Waals surface area contributed by atoms with Crippen LogP contribution < -0.4 is 5.73 Å². The van der Waals surface area contributed by atoms with Gasteiger partial charge in [0.15, 0.2) is 5.84 Å². The molecule has 1 aliphatic carbocycles. The summed E-state index contributed by atoms with van der Waals surface area (Å²) in [7, 11) is 1.83. The number of hydrogen-bond donors (Lipinski definition) is 2. The smallest absolute Gasteiger partial charge is 0.236 e. The number of hydrogen-bond acceptors (Lipinski definition) is 3. The van der Waals surface area contributed by atoms with Crippen LogP contribution in [0.1, 0.15) is 65.2 Å². The van der Waals surface area contributed by atoms with E-state index in [1.165, 1.54) is 0 Å². The summed E-state index contributed by atoms with van der Waals surface area (Å²) in [5.41, 5.74) is 5.11. The predicted octanol–water partition coefficient (Wildman–Crippen LogP) is 2.72. The van der Waals surface area contributed by atoms with Crippen LogP contribution in [0.4, 0.5) is 0 Å². The maximum atomic E-state index is 12.9. The van der Waals surface area contributed by atoms with E-state index in [-0.39, 0.29) is 17.8 Å². The highest BCUT2D eigenvalue weighted by Gasteiger charge is 2.45. The molecule has 20 heavy (non-hydrogen) atoms. The molecule has 0 aromatic carbocycles. The Kier molecular flexibility index (Phi) is 6.30. The van der Waals surface area contributed by atoms with E-state index >= 15 is 0 Å². The van der Waals surface area contributed by atoms with Gasteiger partial charge in [-0.05, 0) is 26.2 Å². The van der Waals surface area contributed by atoms with Gasteiger partial charge in [0.25, 0.3) is 0 Å². The molecule has 1 amide bonds. The summed E-state index contributed by atoms with van der Waals surface area (Å²) in [6, 6.07) is 0.180. The van der Waals surface area contributed by atoms with Crippen LogP contribution in [0.15, 0.2) is 5.16 Å². The SMILES string of the molecule is CCCC(C)N(C)C(=O)C1(C(N)=NO)CCCCCC1. The molecular weight excluding hydrogens is 254 g/mol. The minimum absolute atomic E-state index is 0.00986. The van der Waals surface area contributed by atoms with Crippen LogP contribution in [-0.2, 0) is 4.79 Å². The molecule has 0 aromatic heterocycles. The molecule has 0 radical (unpaired) electrons. The van der Waals surface area contributed by atoms with Gasteiger partial charge in [-0.15, -0.1) is 0 Å². The number of nitrogens with two attached hydrogens (primary N) is 1. The Balaban J connectivity index is 3.01. The van der Waals surface area contributed by atoms with Crippen LogP contribution in [0, 0.1) is 5.41 Å². The number of amidine groups is 1. The number of carbonyl (C=O) groups excluding carboxylic acids is 1. The van der Waals surface area contributed by atoms with E-state index in [9.17, 15) is 4.79 Å². The standard InChI is InChI=1S/C15H29N3O2/c1-4-9-12(2)18(3)14(19)15(13(16)17-20)10-7-5-6-8-11-15/h12,20H,4-11H2,1-3H3,(H2,16,17). The summed E-state index contributed by atoms with van der Waals surface area (Å²) < 4.78 is 0. The van der Waals surface area contributed by atoms with E-state index < -0.39 is 5.41 Å². The highest BCUT2D eigenvalue weighted by Crippen LogP contribution is 2.37. The van der Waals surface area contributed by atoms with Gasteiger partial charge in [-0.25, -0.2) is 0 Å². The maximum Gasteiger partial charge on any atom is 0.236 e. The lowest BCUT2D eigenvalue weighted by atomic mass is 9.77. The summed E-state index contributed by atoms with van der Waals surface area (Å²) >= 11 is 0. The third kappa shape index (κ3) is 3.44. The van der Waals surface area contributed by atoms with Crippen molar-refractivity contribution in [2.45, 2.75) is 71.3 Å². The molecule has 116 valence electrons. The molecule has 3 N–H and O–H groups in total. The van der Waals surface area contributed by atoms with Gasteiger partial charge in [-0.3, -0.25) is 4.79 Å². The second-order valence-corrected chi connectivity index (χ2v) is 6.04. The monoisotopic (exact) mass is 283 g/mol. The summed E-state index contributed by atoms with van der Waals surface area (Å²) in [4.78, 5) is 14.7. The molecule has 1 rings (SSSR count). The average molecular weight is 283 g/mol. The minimum Gasteiger partial charge on any atom is -0.409 e. The van der Waals surface area contributed by atoms with Crippen molar-refractivity contribution >= 4 is 11.7 Å². The van der Waals surface area contributed by atoms with Crippen molar-refractivity contribution in [3.05, 3.63) is 0 Å². The highest BCUT2D eigenvalue weighted by atomic mass is 16.4. The first-order valence-electron chi connectivity index (χ1n) is 7.75. The average Bonchev–Trinajstić information content (AvgIpc) is 2.71. The summed E-state index contributed by atoms with van der Waals surface area (Å²) in [5, 5.41) is 12.3. The van der Waals surface area contributed by atoms with Crippen LogP contribution in [0.3, 0.4) is 0 Å². The Bertz CT molecular complexity index is 347. The molecular formula is C15H29N3O2. The molecule has 1 aliphatic rings. The fourth-order valence-electron chi connectivity index (χ4n) is 3.16. The quantitative estimate of drug-likeness (QED) is 0.268. The fourth-order valence-corrected chi connectivity index (χ4v) is 3.16. The van der Waals surface area contributed by atoms with Crippen LogP contribution in [0.2, 0.25) is 0 Å². The van der Waals surface area contributed by atoms with Gasteiger partial charge in [0.05, 0.1) is 0 Å². The summed E-state index contributed by atoms with van der Waals surface area (Å²) in [6.45, 7) is 4.16. The Morgan fingerprint density at radius 3 is 2.35 bits per heavy atom. The van der Waals surface area contributed by atoms with Crippen molar-refractivity contribution in [3.8, 4) is 0 Å². The lowest BCUT2D eigenvalue weighted by Gasteiger charge is -2.36. The van der Waals surface area contributed by atoms with Crippen LogP contribution in [0.5, 0.6) is 0 Å². The molecule has 0 aromatic rings. The molecule has 1 saturated carbocycles. The number of rotatable bonds is 5. The molecule has 0 aliphatic heterocycles. The van der Waals surface area contributed by atoms with Crippen LogP contribution in [-0.4, -0.2) is 34.9 Å². The van der Waals surface area contributed by atoms with Crippen molar-refractivity contribution in [1.29, 1.82) is 0 Å². The maximum absolute atomic E-state index is 12.9. The largest absolute Gasteiger partial charge is 0.409 e. The van der Waals surface area contributed by atoms with E-state index in [1.807, 2.05) is 7.05 Å². The molecule has 1 atom stereocenters. The topological polar surface area (TPSA) is 78.9 Å². The first kappa shape index (κ1) is 16.8. The van der Waals surface area contributed by atoms with E-state index in [0.717, 1.165) is 38.5 Å². The zero-order chi connectivity index (χ0) is 15.2. The minimum atomic E-state index is -0.804. The Labute approximate surface area is 122 Å². The molecule has 0 spiro atoms. The second-order valence-electron chi connectivity index (χ2n) is 6.04. The zero-order valence-corrected chi connectivity index (χ0v) is 13.1. The molecule has 5 nitrogen and oxygen atoms in total. The first-order valence-corrected chi connectivity index (χ1v) is 7.75. The van der Waals surface area contributed by atoms with Crippen molar-refractivity contribution in [3.63, 3.8) is 0 Å². The molecule has 0 heterocycles. The van der Waals surface area contributed by atoms with Crippen LogP contribution in [0.25, 0.3) is 0 Å². The highest BCUT2D eigenvalue weighted by molar-refractivity contribution is 6.06. The van der Waals surface area contributed by atoms with Crippen LogP contribution >= 0.6 is 0 Å². The van der Waals surface area contributed by atoms with E-state index in [4.69, 9.17) is 10.9 Å². The predicted molar refractivity (Wildman–Crippen MR) is 80.7 cm³/mol. The van der Waals surface area contributed by atoms with Gasteiger partial charge in [-0.2, -0.15) is 0 Å². The van der Waals surface area contributed by atoms with Gasteiger partial charge in [0, 0.05) is 13.1 Å². The molecule has 1 fully saturated rings. The molecule has 1 unspecified atom stereocenters. The Hall–Kier alpha value is -1.26. The van der Waals surface area contributed by atoms with Crippen molar-refractivity contribution in [1.82, 2.24) is 4.90 Å². The molecule has 5 heteroatoms. The van der Waals surface area contributed by atoms with Crippen molar-refractivity contribution in [2.24, 2.45) is 16.3 Å². The van der Waals surface area contributed by atoms with E-state index in [2.05, 4.69) is 19.0 Å². The first-order chi connectivity index (χ1) is 9.49. The number of oxime groups is 1. The van der Waals surface area contributed by atoms with Gasteiger partial charge in [-0.1, -0.05) is 44.2 Å². The van der Waals surface area contributed by atoms with Gasteiger partial charge in [0.2, 0.25) is 5.91 Å². The number of amides is 1. The fraction of sp³-hybridized carbons (Fsp3) is 0.867. The second kappa shape index (κ2) is 7.50. The zero-order valence-electron chi connectivity index (χ0n) is 13.1. The molecule has 0 bridgehead atoms. The summed E-state index contributed by atoms with van der Waals surface area (Å²) in [6.07, 6.45) is 7.51. The Morgan fingerprint density at radius 1 is 1.35 bits per heavy atom. The number of carbonyl (C=O) groups is 1. The number of nitrogens with zero attached hydrogens (tertiary/aromatic N) is 2. The van der Waals surface area contributed by atoms with Gasteiger partial charge >= 0.3 is 0 Å². The third-order valence-electron chi connectivity index (χ3n) is 4.65. The third-order valence-corrected chi connectivity index (χ3v) is 4.65. The lowest BCUT2D eigenvalue weighted by Crippen LogP contribution is -2.52.